The molecule has 0 saturated heterocycles. The van der Waals surface area contributed by atoms with Gasteiger partial charge >= 0.3 is 0 Å². The molecule has 8 heteroatoms. The molecule has 1 atom stereocenters. The van der Waals surface area contributed by atoms with Crippen molar-refractivity contribution >= 4 is 21.6 Å². The van der Waals surface area contributed by atoms with E-state index in [0.29, 0.717) is 0 Å². The van der Waals surface area contributed by atoms with E-state index in [4.69, 9.17) is 11.6 Å². The summed E-state index contributed by atoms with van der Waals surface area (Å²) in [6.45, 7) is 1.78. The molecule has 0 amide bonds. The van der Waals surface area contributed by atoms with Gasteiger partial charge < -0.3 is 4.57 Å². The maximum atomic E-state index is 12.4. The number of nitrogens with zero attached hydrogens (tertiary/aromatic N) is 3. The molecule has 0 aliphatic heterocycles. The Morgan fingerprint density at radius 3 is 2.50 bits per heavy atom. The summed E-state index contributed by atoms with van der Waals surface area (Å²) in [6, 6.07) is 10.1. The minimum Gasteiger partial charge on any atom is -0.306 e. The third-order valence-electron chi connectivity index (χ3n) is 3.54. The number of hydrogen-bond donors (Lipinski definition) is 1. The van der Waals surface area contributed by atoms with Gasteiger partial charge in [-0.2, -0.15) is 0 Å². The number of sulfonamides is 1. The molecule has 0 unspecified atom stereocenters. The van der Waals surface area contributed by atoms with Gasteiger partial charge in [0.1, 0.15) is 10.0 Å². The fraction of sp³-hybridized carbons (Fsp3) is 0.125. The van der Waals surface area contributed by atoms with Crippen LogP contribution in [-0.4, -0.2) is 23.0 Å². The van der Waals surface area contributed by atoms with Crippen molar-refractivity contribution in [2.75, 3.05) is 0 Å². The Balaban J connectivity index is 1.76. The number of halogens is 1. The van der Waals surface area contributed by atoms with Gasteiger partial charge in [0.15, 0.2) is 0 Å². The molecule has 0 bridgehead atoms. The molecule has 0 saturated carbocycles. The Labute approximate surface area is 145 Å². The van der Waals surface area contributed by atoms with Gasteiger partial charge in [-0.15, -0.1) is 0 Å². The van der Waals surface area contributed by atoms with Gasteiger partial charge in [-0.25, -0.2) is 23.1 Å². The van der Waals surface area contributed by atoms with E-state index in [0.717, 1.165) is 11.3 Å². The van der Waals surface area contributed by atoms with Crippen molar-refractivity contribution < 1.29 is 8.42 Å². The van der Waals surface area contributed by atoms with E-state index in [1.54, 1.807) is 19.4 Å². The van der Waals surface area contributed by atoms with Gasteiger partial charge in [-0.05, 0) is 36.8 Å². The van der Waals surface area contributed by atoms with Crippen LogP contribution in [0.25, 0.3) is 5.69 Å². The lowest BCUT2D eigenvalue weighted by molar-refractivity contribution is 0.566. The van der Waals surface area contributed by atoms with E-state index in [9.17, 15) is 8.42 Å². The summed E-state index contributed by atoms with van der Waals surface area (Å²) in [4.78, 5) is 7.88. The number of hydrogen-bond acceptors (Lipinski definition) is 4. The second-order valence-corrected chi connectivity index (χ2v) is 7.32. The minimum absolute atomic E-state index is 0.0776. The lowest BCUT2D eigenvalue weighted by Gasteiger charge is -2.15. The highest BCUT2D eigenvalue weighted by molar-refractivity contribution is 7.89. The van der Waals surface area contributed by atoms with E-state index >= 15 is 0 Å². The Bertz CT molecular complexity index is 908. The fourth-order valence-corrected chi connectivity index (χ4v) is 3.53. The van der Waals surface area contributed by atoms with E-state index in [-0.39, 0.29) is 16.1 Å². The summed E-state index contributed by atoms with van der Waals surface area (Å²) in [5.41, 5.74) is 1.80. The molecule has 0 aliphatic rings. The molecule has 1 N–H and O–H groups in total. The highest BCUT2D eigenvalue weighted by Crippen LogP contribution is 2.19. The van der Waals surface area contributed by atoms with Gasteiger partial charge in [0.2, 0.25) is 10.0 Å². The number of benzene rings is 1. The second kappa shape index (κ2) is 6.72. The Morgan fingerprint density at radius 1 is 1.17 bits per heavy atom. The summed E-state index contributed by atoms with van der Waals surface area (Å²) in [7, 11) is -3.66. The normalized spacial score (nSPS) is 12.9. The fourth-order valence-electron chi connectivity index (χ4n) is 2.24. The van der Waals surface area contributed by atoms with Crippen LogP contribution in [-0.2, 0) is 10.0 Å². The molecule has 124 valence electrons. The summed E-state index contributed by atoms with van der Waals surface area (Å²) in [6.07, 6.45) is 6.48. The molecule has 0 aliphatic carbocycles. The lowest BCUT2D eigenvalue weighted by Crippen LogP contribution is -2.27. The molecule has 0 fully saturated rings. The second-order valence-electron chi connectivity index (χ2n) is 5.22. The van der Waals surface area contributed by atoms with Crippen LogP contribution in [0, 0.1) is 0 Å². The van der Waals surface area contributed by atoms with Gasteiger partial charge in [0.25, 0.3) is 0 Å². The predicted octanol–water partition coefficient (Wildman–Crippen LogP) is 2.96. The molecule has 24 heavy (non-hydrogen) atoms. The molecular formula is C16H15ClN4O2S. The highest BCUT2D eigenvalue weighted by Gasteiger charge is 2.18. The first-order chi connectivity index (χ1) is 11.5. The Kier molecular flexibility index (Phi) is 4.66. The monoisotopic (exact) mass is 362 g/mol. The first-order valence-electron chi connectivity index (χ1n) is 7.18. The van der Waals surface area contributed by atoms with E-state index < -0.39 is 10.0 Å². The molecule has 2 aromatic heterocycles. The maximum Gasteiger partial charge on any atom is 0.242 e. The van der Waals surface area contributed by atoms with Gasteiger partial charge in [-0.3, -0.25) is 0 Å². The van der Waals surface area contributed by atoms with Crippen LogP contribution < -0.4 is 4.72 Å². The Hall–Kier alpha value is -2.22. The van der Waals surface area contributed by atoms with Gasteiger partial charge in [0.05, 0.1) is 6.33 Å². The van der Waals surface area contributed by atoms with Gasteiger partial charge in [-0.1, -0.05) is 23.7 Å². The van der Waals surface area contributed by atoms with Crippen molar-refractivity contribution in [3.05, 3.63) is 72.0 Å². The van der Waals surface area contributed by atoms with Crippen molar-refractivity contribution in [3.8, 4) is 5.69 Å². The Morgan fingerprint density at radius 2 is 1.92 bits per heavy atom. The average Bonchev–Trinajstić information content (AvgIpc) is 3.09. The van der Waals surface area contributed by atoms with Crippen molar-refractivity contribution in [1.29, 1.82) is 0 Å². The largest absolute Gasteiger partial charge is 0.306 e. The molecule has 0 radical (unpaired) electrons. The standard InChI is InChI=1S/C16H15ClN4O2S/c1-12(20-24(22,23)15-6-7-16(17)19-10-15)13-2-4-14(5-3-13)21-9-8-18-11-21/h2-12,20H,1H3/t12-/m1/s1. The molecule has 3 rings (SSSR count). The summed E-state index contributed by atoms with van der Waals surface area (Å²) >= 11 is 5.69. The highest BCUT2D eigenvalue weighted by atomic mass is 35.5. The number of imidazole rings is 1. The topological polar surface area (TPSA) is 76.9 Å². The molecule has 0 spiro atoms. The van der Waals surface area contributed by atoms with Crippen molar-refractivity contribution in [3.63, 3.8) is 0 Å². The molecule has 3 aromatic rings. The van der Waals surface area contributed by atoms with E-state index in [1.165, 1.54) is 18.3 Å². The summed E-state index contributed by atoms with van der Waals surface area (Å²) < 4.78 is 29.3. The first kappa shape index (κ1) is 16.6. The van der Waals surface area contributed by atoms with Crippen LogP contribution in [0.3, 0.4) is 0 Å². The zero-order valence-corrected chi connectivity index (χ0v) is 14.4. The van der Waals surface area contributed by atoms with Crippen LogP contribution >= 0.6 is 11.6 Å². The number of rotatable bonds is 5. The SMILES string of the molecule is C[C@@H](NS(=O)(=O)c1ccc(Cl)nc1)c1ccc(-n2ccnc2)cc1. The smallest absolute Gasteiger partial charge is 0.242 e. The van der Waals surface area contributed by atoms with E-state index in [1.807, 2.05) is 35.0 Å². The maximum absolute atomic E-state index is 12.4. The summed E-state index contributed by atoms with van der Waals surface area (Å²) in [5, 5.41) is 0.247. The van der Waals surface area contributed by atoms with Crippen LogP contribution in [0.1, 0.15) is 18.5 Å². The lowest BCUT2D eigenvalue weighted by atomic mass is 10.1. The average molecular weight is 363 g/mol. The molecular weight excluding hydrogens is 348 g/mol. The number of aromatic nitrogens is 3. The van der Waals surface area contributed by atoms with Crippen LogP contribution in [0.2, 0.25) is 5.15 Å². The number of nitrogens with one attached hydrogen (secondary N) is 1. The van der Waals surface area contributed by atoms with Gasteiger partial charge in [0, 0.05) is 30.3 Å². The van der Waals surface area contributed by atoms with Crippen molar-refractivity contribution in [1.82, 2.24) is 19.3 Å². The number of pyridine rings is 1. The van der Waals surface area contributed by atoms with Crippen molar-refractivity contribution in [2.24, 2.45) is 0 Å². The molecule has 2 heterocycles. The third kappa shape index (κ3) is 3.64. The molecule has 1 aromatic carbocycles. The third-order valence-corrected chi connectivity index (χ3v) is 5.29. The first-order valence-corrected chi connectivity index (χ1v) is 9.04. The quantitative estimate of drug-likeness (QED) is 0.708. The van der Waals surface area contributed by atoms with Crippen LogP contribution in [0.15, 0.2) is 66.2 Å². The zero-order valence-electron chi connectivity index (χ0n) is 12.8. The summed E-state index contributed by atoms with van der Waals surface area (Å²) in [5.74, 6) is 0. The van der Waals surface area contributed by atoms with Crippen LogP contribution in [0.4, 0.5) is 0 Å². The van der Waals surface area contributed by atoms with Crippen LogP contribution in [0.5, 0.6) is 0 Å². The molecule has 6 nitrogen and oxygen atoms in total. The zero-order chi connectivity index (χ0) is 17.2. The van der Waals surface area contributed by atoms with E-state index in [2.05, 4.69) is 14.7 Å². The minimum atomic E-state index is -3.66. The predicted molar refractivity (Wildman–Crippen MR) is 91.5 cm³/mol. The van der Waals surface area contributed by atoms with Crippen molar-refractivity contribution in [2.45, 2.75) is 17.9 Å².